The van der Waals surface area contributed by atoms with Crippen molar-refractivity contribution in [3.63, 3.8) is 0 Å². The van der Waals surface area contributed by atoms with E-state index < -0.39 is 0 Å². The summed E-state index contributed by atoms with van der Waals surface area (Å²) in [7, 11) is 7.61. The Kier molecular flexibility index (Phi) is 2.28. The lowest BCUT2D eigenvalue weighted by atomic mass is 9.89. The highest BCUT2D eigenvalue weighted by molar-refractivity contribution is 6.32. The standard InChI is InChI=1S/C13H11BN2O/c1-15-12-5-4-11-10-3-2-9(14)6-8(10)7-17-13(11)16-12/h2-6H,7H2,1H3,(H,15,16). The molecule has 2 radical (unpaired) electrons. The second kappa shape index (κ2) is 3.80. The Labute approximate surface area is 101 Å². The highest BCUT2D eigenvalue weighted by Crippen LogP contribution is 2.36. The minimum atomic E-state index is 0.521. The molecule has 0 atom stereocenters. The van der Waals surface area contributed by atoms with Crippen LogP contribution in [0.25, 0.3) is 11.1 Å². The van der Waals surface area contributed by atoms with Gasteiger partial charge in [0.25, 0.3) is 0 Å². The van der Waals surface area contributed by atoms with E-state index >= 15 is 0 Å². The third-order valence-corrected chi connectivity index (χ3v) is 2.90. The summed E-state index contributed by atoms with van der Waals surface area (Å²) in [6.07, 6.45) is 0. The Morgan fingerprint density at radius 1 is 1.24 bits per heavy atom. The molecule has 0 aliphatic carbocycles. The molecule has 0 saturated heterocycles. The van der Waals surface area contributed by atoms with Crippen LogP contribution in [0.1, 0.15) is 5.56 Å². The van der Waals surface area contributed by atoms with E-state index in [4.69, 9.17) is 12.6 Å². The van der Waals surface area contributed by atoms with Gasteiger partial charge in [0.2, 0.25) is 5.88 Å². The number of hydrogen-bond acceptors (Lipinski definition) is 3. The van der Waals surface area contributed by atoms with Gasteiger partial charge in [-0.2, -0.15) is 4.98 Å². The molecule has 0 fully saturated rings. The van der Waals surface area contributed by atoms with Crippen molar-refractivity contribution in [3.8, 4) is 17.0 Å². The normalized spacial score (nSPS) is 12.3. The van der Waals surface area contributed by atoms with Gasteiger partial charge in [0.05, 0.1) is 0 Å². The first-order valence-electron chi connectivity index (χ1n) is 5.48. The Morgan fingerprint density at radius 2 is 2.06 bits per heavy atom. The Balaban J connectivity index is 2.16. The summed E-state index contributed by atoms with van der Waals surface area (Å²) in [6.45, 7) is 0.521. The van der Waals surface area contributed by atoms with Crippen LogP contribution in [0, 0.1) is 0 Å². The third kappa shape index (κ3) is 1.66. The lowest BCUT2D eigenvalue weighted by molar-refractivity contribution is 0.290. The van der Waals surface area contributed by atoms with Gasteiger partial charge in [-0.3, -0.25) is 0 Å². The van der Waals surface area contributed by atoms with E-state index in [0.29, 0.717) is 12.5 Å². The summed E-state index contributed by atoms with van der Waals surface area (Å²) < 4.78 is 5.64. The maximum absolute atomic E-state index is 5.77. The van der Waals surface area contributed by atoms with Gasteiger partial charge in [0.15, 0.2) is 0 Å². The summed E-state index contributed by atoms with van der Waals surface area (Å²) in [6, 6.07) is 9.83. The van der Waals surface area contributed by atoms with Crippen molar-refractivity contribution < 1.29 is 4.74 Å². The summed E-state index contributed by atoms with van der Waals surface area (Å²) in [5.74, 6) is 1.48. The van der Waals surface area contributed by atoms with Crippen molar-refractivity contribution in [1.82, 2.24) is 4.98 Å². The molecule has 2 heterocycles. The molecule has 1 aliphatic rings. The highest BCUT2D eigenvalue weighted by atomic mass is 16.5. The Hall–Kier alpha value is -1.97. The monoisotopic (exact) mass is 222 g/mol. The van der Waals surface area contributed by atoms with Gasteiger partial charge in [-0.25, -0.2) is 0 Å². The van der Waals surface area contributed by atoms with Crippen molar-refractivity contribution >= 4 is 19.1 Å². The largest absolute Gasteiger partial charge is 0.472 e. The average Bonchev–Trinajstić information content (AvgIpc) is 2.37. The van der Waals surface area contributed by atoms with E-state index in [-0.39, 0.29) is 0 Å². The maximum Gasteiger partial charge on any atom is 0.223 e. The lowest BCUT2D eigenvalue weighted by Gasteiger charge is -2.20. The smallest absolute Gasteiger partial charge is 0.223 e. The zero-order valence-electron chi connectivity index (χ0n) is 9.53. The second-order valence-corrected chi connectivity index (χ2v) is 4.00. The zero-order chi connectivity index (χ0) is 11.8. The molecule has 0 saturated carbocycles. The fourth-order valence-corrected chi connectivity index (χ4v) is 2.04. The lowest BCUT2D eigenvalue weighted by Crippen LogP contribution is -2.12. The van der Waals surface area contributed by atoms with Gasteiger partial charge in [-0.1, -0.05) is 23.7 Å². The summed E-state index contributed by atoms with van der Waals surface area (Å²) in [5, 5.41) is 3.00. The number of aromatic nitrogens is 1. The average molecular weight is 222 g/mol. The molecule has 1 aliphatic heterocycles. The van der Waals surface area contributed by atoms with E-state index in [1.54, 1.807) is 0 Å². The van der Waals surface area contributed by atoms with Gasteiger partial charge in [-0.15, -0.1) is 0 Å². The molecule has 1 aromatic carbocycles. The highest BCUT2D eigenvalue weighted by Gasteiger charge is 2.18. The Bertz CT molecular complexity index is 584. The minimum absolute atomic E-state index is 0.521. The van der Waals surface area contributed by atoms with Crippen molar-refractivity contribution in [3.05, 3.63) is 35.9 Å². The summed E-state index contributed by atoms with van der Waals surface area (Å²) >= 11 is 0. The molecular formula is C13H11BN2O. The molecule has 0 unspecified atom stereocenters. The maximum atomic E-state index is 5.77. The number of anilines is 1. The molecule has 4 heteroatoms. The van der Waals surface area contributed by atoms with Crippen molar-refractivity contribution in [2.45, 2.75) is 6.61 Å². The first-order chi connectivity index (χ1) is 8.28. The molecule has 0 spiro atoms. The van der Waals surface area contributed by atoms with E-state index in [1.807, 2.05) is 37.4 Å². The number of pyridine rings is 1. The molecule has 2 aromatic rings. The van der Waals surface area contributed by atoms with Crippen molar-refractivity contribution in [1.29, 1.82) is 0 Å². The molecule has 0 amide bonds. The molecule has 17 heavy (non-hydrogen) atoms. The fourth-order valence-electron chi connectivity index (χ4n) is 2.04. The van der Waals surface area contributed by atoms with Gasteiger partial charge in [-0.05, 0) is 23.3 Å². The van der Waals surface area contributed by atoms with Gasteiger partial charge in [0.1, 0.15) is 20.3 Å². The second-order valence-electron chi connectivity index (χ2n) is 4.00. The van der Waals surface area contributed by atoms with Crippen LogP contribution >= 0.6 is 0 Å². The number of rotatable bonds is 1. The van der Waals surface area contributed by atoms with E-state index in [1.165, 1.54) is 0 Å². The van der Waals surface area contributed by atoms with Crippen LogP contribution in [0.4, 0.5) is 5.82 Å². The molecule has 3 rings (SSSR count). The predicted molar refractivity (Wildman–Crippen MR) is 68.9 cm³/mol. The first-order valence-corrected chi connectivity index (χ1v) is 5.48. The number of ether oxygens (including phenoxy) is 1. The molecule has 3 nitrogen and oxygen atoms in total. The zero-order valence-corrected chi connectivity index (χ0v) is 9.53. The molecule has 0 bridgehead atoms. The van der Waals surface area contributed by atoms with Gasteiger partial charge in [0, 0.05) is 12.6 Å². The van der Waals surface area contributed by atoms with Gasteiger partial charge < -0.3 is 10.1 Å². The van der Waals surface area contributed by atoms with Crippen LogP contribution in [0.3, 0.4) is 0 Å². The fraction of sp³-hybridized carbons (Fsp3) is 0.154. The topological polar surface area (TPSA) is 34.1 Å². The molecule has 1 aromatic heterocycles. The van der Waals surface area contributed by atoms with Crippen molar-refractivity contribution in [2.24, 2.45) is 0 Å². The van der Waals surface area contributed by atoms with E-state index in [0.717, 1.165) is 28.0 Å². The summed E-state index contributed by atoms with van der Waals surface area (Å²) in [4.78, 5) is 4.39. The van der Waals surface area contributed by atoms with Crippen LogP contribution in [-0.2, 0) is 6.61 Å². The van der Waals surface area contributed by atoms with Gasteiger partial charge >= 0.3 is 0 Å². The summed E-state index contributed by atoms with van der Waals surface area (Å²) in [5.41, 5.74) is 4.04. The number of nitrogens with zero attached hydrogens (tertiary/aromatic N) is 1. The van der Waals surface area contributed by atoms with Crippen LogP contribution in [0.5, 0.6) is 5.88 Å². The van der Waals surface area contributed by atoms with Crippen LogP contribution in [-0.4, -0.2) is 19.9 Å². The number of fused-ring (bicyclic) bond motifs is 3. The quantitative estimate of drug-likeness (QED) is 0.742. The third-order valence-electron chi connectivity index (χ3n) is 2.90. The minimum Gasteiger partial charge on any atom is -0.472 e. The van der Waals surface area contributed by atoms with Crippen LogP contribution in [0.15, 0.2) is 30.3 Å². The number of hydrogen-bond donors (Lipinski definition) is 1. The first kappa shape index (κ1) is 10.2. The number of benzene rings is 1. The molecule has 82 valence electrons. The van der Waals surface area contributed by atoms with E-state index in [9.17, 15) is 0 Å². The molecule has 1 N–H and O–H groups in total. The van der Waals surface area contributed by atoms with Crippen molar-refractivity contribution in [2.75, 3.05) is 12.4 Å². The number of nitrogens with one attached hydrogen (secondary N) is 1. The van der Waals surface area contributed by atoms with E-state index in [2.05, 4.69) is 10.3 Å². The SMILES string of the molecule is [B]c1ccc2c(c1)COc1nc(NC)ccc1-2. The predicted octanol–water partition coefficient (Wildman–Crippen LogP) is 1.48. The Morgan fingerprint density at radius 3 is 2.88 bits per heavy atom. The molecular weight excluding hydrogens is 211 g/mol. The van der Waals surface area contributed by atoms with Crippen LogP contribution in [0.2, 0.25) is 0 Å². The van der Waals surface area contributed by atoms with Crippen LogP contribution < -0.4 is 15.5 Å².